The number of nitrogens with one attached hydrogen (secondary N) is 1. The Hall–Kier alpha value is -3.13. The van der Waals surface area contributed by atoms with Gasteiger partial charge in [-0.2, -0.15) is 0 Å². The van der Waals surface area contributed by atoms with E-state index in [0.717, 1.165) is 4.90 Å². The maximum Gasteiger partial charge on any atom is 0.253 e. The van der Waals surface area contributed by atoms with Crippen molar-refractivity contribution in [2.75, 3.05) is 18.0 Å². The quantitative estimate of drug-likeness (QED) is 0.782. The van der Waals surface area contributed by atoms with Gasteiger partial charge in [0.05, 0.1) is 18.2 Å². The van der Waals surface area contributed by atoms with Gasteiger partial charge in [-0.25, -0.2) is 13.7 Å². The fourth-order valence-electron chi connectivity index (χ4n) is 3.93. The molecule has 2 saturated heterocycles. The number of carbonyl (C=O) groups excluding carboxylic acids is 3. The van der Waals surface area contributed by atoms with Crippen LogP contribution >= 0.6 is 0 Å². The second-order valence-electron chi connectivity index (χ2n) is 7.54. The van der Waals surface area contributed by atoms with Gasteiger partial charge >= 0.3 is 0 Å². The van der Waals surface area contributed by atoms with E-state index in [4.69, 9.17) is 0 Å². The van der Waals surface area contributed by atoms with Gasteiger partial charge in [-0.3, -0.25) is 14.4 Å². The molecule has 0 saturated carbocycles. The summed E-state index contributed by atoms with van der Waals surface area (Å²) in [5.74, 6) is -1.65. The molecule has 0 bridgehead atoms. The zero-order chi connectivity index (χ0) is 21.3. The van der Waals surface area contributed by atoms with Gasteiger partial charge in [0.25, 0.3) is 11.8 Å². The Morgan fingerprint density at radius 1 is 0.900 bits per heavy atom. The Labute approximate surface area is 172 Å². The number of amides is 3. The van der Waals surface area contributed by atoms with E-state index in [1.165, 1.54) is 48.5 Å². The van der Waals surface area contributed by atoms with Gasteiger partial charge in [0.15, 0.2) is 0 Å². The van der Waals surface area contributed by atoms with E-state index in [9.17, 15) is 23.2 Å². The molecule has 2 heterocycles. The number of halogens is 2. The van der Waals surface area contributed by atoms with Crippen molar-refractivity contribution in [3.63, 3.8) is 0 Å². The highest BCUT2D eigenvalue weighted by Crippen LogP contribution is 2.24. The van der Waals surface area contributed by atoms with E-state index in [1.807, 2.05) is 0 Å². The van der Waals surface area contributed by atoms with E-state index in [2.05, 4.69) is 5.32 Å². The lowest BCUT2D eigenvalue weighted by atomic mass is 10.0. The van der Waals surface area contributed by atoms with E-state index in [1.54, 1.807) is 4.90 Å². The van der Waals surface area contributed by atoms with Crippen molar-refractivity contribution in [3.8, 4) is 0 Å². The molecule has 6 nitrogen and oxygen atoms in total. The summed E-state index contributed by atoms with van der Waals surface area (Å²) in [4.78, 5) is 40.4. The van der Waals surface area contributed by atoms with Crippen LogP contribution < -0.4 is 10.2 Å². The van der Waals surface area contributed by atoms with Crippen LogP contribution in [0.2, 0.25) is 0 Å². The maximum atomic E-state index is 13.1. The minimum atomic E-state index is -0.632. The van der Waals surface area contributed by atoms with Gasteiger partial charge in [0.1, 0.15) is 11.6 Å². The third-order valence-electron chi connectivity index (χ3n) is 5.54. The number of piperidine rings is 1. The largest absolute Gasteiger partial charge is 0.339 e. The summed E-state index contributed by atoms with van der Waals surface area (Å²) in [5, 5.41) is 3.24. The third-order valence-corrected chi connectivity index (χ3v) is 5.54. The highest BCUT2D eigenvalue weighted by Gasteiger charge is 2.40. The monoisotopic (exact) mass is 413 g/mol. The normalized spacial score (nSPS) is 20.1. The Morgan fingerprint density at radius 3 is 2.07 bits per heavy atom. The second kappa shape index (κ2) is 8.31. The lowest BCUT2D eigenvalue weighted by molar-refractivity contribution is -0.121. The zero-order valence-electron chi connectivity index (χ0n) is 16.2. The smallest absolute Gasteiger partial charge is 0.253 e. The van der Waals surface area contributed by atoms with Gasteiger partial charge in [0.2, 0.25) is 5.91 Å². The van der Waals surface area contributed by atoms with Crippen LogP contribution in [-0.4, -0.2) is 47.8 Å². The molecular formula is C22H21F2N3O3. The first-order valence-corrected chi connectivity index (χ1v) is 9.85. The van der Waals surface area contributed by atoms with Gasteiger partial charge in [-0.15, -0.1) is 0 Å². The molecule has 156 valence electrons. The summed E-state index contributed by atoms with van der Waals surface area (Å²) in [6.07, 6.45) is 1.33. The van der Waals surface area contributed by atoms with Crippen molar-refractivity contribution in [2.45, 2.75) is 31.3 Å². The van der Waals surface area contributed by atoms with Crippen molar-refractivity contribution in [3.05, 3.63) is 65.7 Å². The van der Waals surface area contributed by atoms with Crippen LogP contribution in [0.4, 0.5) is 14.5 Å². The summed E-state index contributed by atoms with van der Waals surface area (Å²) in [7, 11) is 0. The van der Waals surface area contributed by atoms with Crippen LogP contribution in [0.5, 0.6) is 0 Å². The molecule has 2 aromatic rings. The second-order valence-corrected chi connectivity index (χ2v) is 7.54. The minimum Gasteiger partial charge on any atom is -0.339 e. The summed E-state index contributed by atoms with van der Waals surface area (Å²) in [6.45, 7) is 1.01. The van der Waals surface area contributed by atoms with Crippen molar-refractivity contribution >= 4 is 23.4 Å². The van der Waals surface area contributed by atoms with Crippen LogP contribution in [0, 0.1) is 11.6 Å². The highest BCUT2D eigenvalue weighted by atomic mass is 19.1. The Bertz CT molecular complexity index is 955. The highest BCUT2D eigenvalue weighted by molar-refractivity contribution is 6.22. The molecule has 0 unspecified atom stereocenters. The minimum absolute atomic E-state index is 0.00261. The van der Waals surface area contributed by atoms with Crippen LogP contribution in [-0.2, 0) is 9.59 Å². The number of nitrogens with zero attached hydrogens (tertiary/aromatic N) is 2. The fourth-order valence-corrected chi connectivity index (χ4v) is 3.93. The molecule has 2 fully saturated rings. The number of imide groups is 1. The molecule has 1 atom stereocenters. The third kappa shape index (κ3) is 4.09. The lowest BCUT2D eigenvalue weighted by Gasteiger charge is -2.33. The van der Waals surface area contributed by atoms with Crippen molar-refractivity contribution < 1.29 is 23.2 Å². The maximum absolute atomic E-state index is 13.1. The number of rotatable bonds is 4. The molecule has 2 aliphatic heterocycles. The SMILES string of the molecule is O=C(c1ccc(F)cc1)N1CCC(N[C@@H]2CC(=O)N(c3ccc(F)cc3)C2=O)CC1. The molecule has 1 N–H and O–H groups in total. The topological polar surface area (TPSA) is 69.7 Å². The Balaban J connectivity index is 1.33. The van der Waals surface area contributed by atoms with Gasteiger partial charge < -0.3 is 10.2 Å². The van der Waals surface area contributed by atoms with Crippen molar-refractivity contribution in [1.82, 2.24) is 10.2 Å². The predicted octanol–water partition coefficient (Wildman–Crippen LogP) is 2.49. The molecule has 2 aliphatic rings. The average Bonchev–Trinajstić information content (AvgIpc) is 3.02. The van der Waals surface area contributed by atoms with Crippen molar-refractivity contribution in [2.24, 2.45) is 0 Å². The van der Waals surface area contributed by atoms with E-state index in [-0.39, 0.29) is 36.0 Å². The first kappa shape index (κ1) is 20.2. The predicted molar refractivity (Wildman–Crippen MR) is 106 cm³/mol. The van der Waals surface area contributed by atoms with E-state index < -0.39 is 11.9 Å². The number of carbonyl (C=O) groups is 3. The number of benzene rings is 2. The zero-order valence-corrected chi connectivity index (χ0v) is 16.2. The summed E-state index contributed by atoms with van der Waals surface area (Å²) < 4.78 is 26.2. The van der Waals surface area contributed by atoms with Crippen LogP contribution in [0.25, 0.3) is 0 Å². The Kier molecular flexibility index (Phi) is 5.59. The molecule has 2 aromatic carbocycles. The first-order valence-electron chi connectivity index (χ1n) is 9.85. The molecule has 0 aliphatic carbocycles. The summed E-state index contributed by atoms with van der Waals surface area (Å²) in [6, 6.07) is 10.1. The number of hydrogen-bond acceptors (Lipinski definition) is 4. The molecule has 8 heteroatoms. The number of hydrogen-bond donors (Lipinski definition) is 1. The molecule has 0 radical (unpaired) electrons. The van der Waals surface area contributed by atoms with Crippen LogP contribution in [0.3, 0.4) is 0 Å². The van der Waals surface area contributed by atoms with E-state index >= 15 is 0 Å². The molecule has 0 aromatic heterocycles. The van der Waals surface area contributed by atoms with E-state index in [0.29, 0.717) is 37.2 Å². The summed E-state index contributed by atoms with van der Waals surface area (Å²) >= 11 is 0. The summed E-state index contributed by atoms with van der Waals surface area (Å²) in [5.41, 5.74) is 0.796. The van der Waals surface area contributed by atoms with Gasteiger partial charge in [-0.05, 0) is 61.4 Å². The molecule has 0 spiro atoms. The lowest BCUT2D eigenvalue weighted by Crippen LogP contribution is -2.49. The van der Waals surface area contributed by atoms with Gasteiger partial charge in [0, 0.05) is 24.7 Å². The average molecular weight is 413 g/mol. The molecule has 30 heavy (non-hydrogen) atoms. The Morgan fingerprint density at radius 2 is 1.47 bits per heavy atom. The van der Waals surface area contributed by atoms with Crippen LogP contribution in [0.1, 0.15) is 29.6 Å². The molecule has 4 rings (SSSR count). The molecule has 3 amide bonds. The number of anilines is 1. The molecular weight excluding hydrogens is 392 g/mol. The fraction of sp³-hybridized carbons (Fsp3) is 0.318. The number of likely N-dealkylation sites (tertiary alicyclic amines) is 1. The van der Waals surface area contributed by atoms with Gasteiger partial charge in [-0.1, -0.05) is 0 Å². The van der Waals surface area contributed by atoms with Crippen molar-refractivity contribution in [1.29, 1.82) is 0 Å². The standard InChI is InChI=1S/C22H21F2N3O3/c23-15-3-1-14(2-4-15)21(29)26-11-9-17(10-12-26)25-19-13-20(28)27(22(19)30)18-7-5-16(24)6-8-18/h1-8,17,19,25H,9-13H2/t19-/m1/s1. The first-order chi connectivity index (χ1) is 14.4. The van der Waals surface area contributed by atoms with Crippen LogP contribution in [0.15, 0.2) is 48.5 Å².